The third-order valence-electron chi connectivity index (χ3n) is 4.52. The van der Waals surface area contributed by atoms with Crippen molar-refractivity contribution >= 4 is 0 Å². The molecular formula is C15H19F3O. The molecule has 0 heterocycles. The van der Waals surface area contributed by atoms with E-state index in [1.165, 1.54) is 0 Å². The van der Waals surface area contributed by atoms with E-state index in [0.717, 1.165) is 11.1 Å². The number of rotatable bonds is 2. The molecule has 4 heteroatoms. The van der Waals surface area contributed by atoms with Crippen LogP contribution in [0.3, 0.4) is 0 Å². The van der Waals surface area contributed by atoms with Crippen molar-refractivity contribution < 1.29 is 18.3 Å². The Labute approximate surface area is 111 Å². The Balaban J connectivity index is 2.34. The molecule has 1 nitrogen and oxygen atoms in total. The average Bonchev–Trinajstić information content (AvgIpc) is 2.70. The highest BCUT2D eigenvalue weighted by Gasteiger charge is 2.61. The summed E-state index contributed by atoms with van der Waals surface area (Å²) >= 11 is 0. The second-order valence-corrected chi connectivity index (χ2v) is 5.71. The molecule has 1 aromatic carbocycles. The van der Waals surface area contributed by atoms with E-state index < -0.39 is 17.2 Å². The van der Waals surface area contributed by atoms with E-state index in [-0.39, 0.29) is 12.8 Å². The molecule has 0 aromatic heterocycles. The van der Waals surface area contributed by atoms with Crippen LogP contribution in [0.5, 0.6) is 0 Å². The quantitative estimate of drug-likeness (QED) is 0.858. The van der Waals surface area contributed by atoms with Crippen LogP contribution in [0, 0.1) is 6.92 Å². The lowest BCUT2D eigenvalue weighted by Crippen LogP contribution is -2.44. The smallest absolute Gasteiger partial charge is 0.380 e. The van der Waals surface area contributed by atoms with Crippen molar-refractivity contribution in [3.63, 3.8) is 0 Å². The Hall–Kier alpha value is -1.03. The first-order valence-electron chi connectivity index (χ1n) is 6.59. The molecule has 0 saturated heterocycles. The Morgan fingerprint density at radius 2 is 1.74 bits per heavy atom. The van der Waals surface area contributed by atoms with E-state index in [2.05, 4.69) is 0 Å². The van der Waals surface area contributed by atoms with Crippen molar-refractivity contribution in [2.24, 2.45) is 0 Å². The molecule has 1 saturated carbocycles. The maximum Gasteiger partial charge on any atom is 0.417 e. The minimum atomic E-state index is -4.55. The second-order valence-electron chi connectivity index (χ2n) is 5.71. The summed E-state index contributed by atoms with van der Waals surface area (Å²) in [7, 11) is 0. The van der Waals surface area contributed by atoms with Crippen LogP contribution in [0.1, 0.15) is 43.7 Å². The highest BCUT2D eigenvalue weighted by molar-refractivity contribution is 5.31. The minimum absolute atomic E-state index is 0.210. The highest BCUT2D eigenvalue weighted by atomic mass is 19.4. The van der Waals surface area contributed by atoms with Crippen LogP contribution in [0.4, 0.5) is 13.2 Å². The Kier molecular flexibility index (Phi) is 3.42. The maximum absolute atomic E-state index is 13.0. The first-order chi connectivity index (χ1) is 8.72. The largest absolute Gasteiger partial charge is 0.417 e. The number of hydrogen-bond acceptors (Lipinski definition) is 1. The van der Waals surface area contributed by atoms with Crippen LogP contribution in [0.2, 0.25) is 0 Å². The predicted octanol–water partition coefficient (Wildman–Crippen LogP) is 4.12. The lowest BCUT2D eigenvalue weighted by molar-refractivity contribution is -0.258. The minimum Gasteiger partial charge on any atom is -0.380 e. The van der Waals surface area contributed by atoms with Gasteiger partial charge in [-0.1, -0.05) is 36.8 Å². The molecule has 106 valence electrons. The van der Waals surface area contributed by atoms with E-state index in [1.807, 2.05) is 38.1 Å². The van der Waals surface area contributed by atoms with Crippen LogP contribution in [0.25, 0.3) is 0 Å². The normalized spacial score (nSPS) is 31.7. The molecule has 0 radical (unpaired) electrons. The highest BCUT2D eigenvalue weighted by Crippen LogP contribution is 2.53. The molecule has 0 aliphatic heterocycles. The lowest BCUT2D eigenvalue weighted by Gasteiger charge is -2.32. The topological polar surface area (TPSA) is 20.2 Å². The number of halogens is 3. The number of alkyl halides is 3. The van der Waals surface area contributed by atoms with Gasteiger partial charge in [0, 0.05) is 0 Å². The molecule has 1 N–H and O–H groups in total. The fourth-order valence-electron chi connectivity index (χ4n) is 3.08. The van der Waals surface area contributed by atoms with Crippen LogP contribution in [-0.4, -0.2) is 16.9 Å². The average molecular weight is 272 g/mol. The Morgan fingerprint density at radius 3 is 2.16 bits per heavy atom. The molecule has 2 unspecified atom stereocenters. The van der Waals surface area contributed by atoms with Gasteiger partial charge in [-0.3, -0.25) is 0 Å². The summed E-state index contributed by atoms with van der Waals surface area (Å²) in [6.45, 7) is 3.84. The zero-order valence-corrected chi connectivity index (χ0v) is 11.2. The number of hydrogen-bond donors (Lipinski definition) is 1. The van der Waals surface area contributed by atoms with Crippen molar-refractivity contribution in [3.8, 4) is 0 Å². The fraction of sp³-hybridized carbons (Fsp3) is 0.600. The Bertz CT molecular complexity index is 451. The maximum atomic E-state index is 13.0. The molecule has 0 spiro atoms. The summed E-state index contributed by atoms with van der Waals surface area (Å²) in [5, 5.41) is 9.89. The van der Waals surface area contributed by atoms with Gasteiger partial charge < -0.3 is 5.11 Å². The first kappa shape index (κ1) is 14.4. The van der Waals surface area contributed by atoms with Crippen LogP contribution < -0.4 is 0 Å². The summed E-state index contributed by atoms with van der Waals surface area (Å²) in [6, 6.07) is 7.61. The van der Waals surface area contributed by atoms with Gasteiger partial charge in [0.2, 0.25) is 0 Å². The van der Waals surface area contributed by atoms with Crippen LogP contribution in [0.15, 0.2) is 24.3 Å². The van der Waals surface area contributed by atoms with Crippen molar-refractivity contribution in [1.29, 1.82) is 0 Å². The molecule has 19 heavy (non-hydrogen) atoms. The van der Waals surface area contributed by atoms with E-state index in [9.17, 15) is 18.3 Å². The van der Waals surface area contributed by atoms with Gasteiger partial charge in [-0.25, -0.2) is 0 Å². The molecule has 1 aromatic rings. The van der Waals surface area contributed by atoms with Crippen molar-refractivity contribution in [1.82, 2.24) is 0 Å². The van der Waals surface area contributed by atoms with Crippen molar-refractivity contribution in [2.45, 2.75) is 56.7 Å². The van der Waals surface area contributed by atoms with Gasteiger partial charge in [0.05, 0.1) is 0 Å². The van der Waals surface area contributed by atoms with E-state index in [4.69, 9.17) is 0 Å². The SMILES string of the molecule is CCC1(c2ccc(C)cc2)CCC(O)(C(F)(F)F)C1. The van der Waals surface area contributed by atoms with E-state index >= 15 is 0 Å². The number of benzene rings is 1. The standard InChI is InChI=1S/C15H19F3O/c1-3-13(12-6-4-11(2)5-7-12)8-9-14(19,10-13)15(16,17)18/h4-7,19H,3,8-10H2,1-2H3. The monoisotopic (exact) mass is 272 g/mol. The third-order valence-corrected chi connectivity index (χ3v) is 4.52. The summed E-state index contributed by atoms with van der Waals surface area (Å²) in [5.74, 6) is 0. The molecule has 0 amide bonds. The van der Waals surface area contributed by atoms with Gasteiger partial charge in [0.1, 0.15) is 0 Å². The first-order valence-corrected chi connectivity index (χ1v) is 6.59. The molecule has 1 aliphatic carbocycles. The summed E-state index contributed by atoms with van der Waals surface area (Å²) in [4.78, 5) is 0. The molecule has 1 aliphatic rings. The van der Waals surface area contributed by atoms with Gasteiger partial charge in [-0.05, 0) is 43.6 Å². The van der Waals surface area contributed by atoms with Gasteiger partial charge in [0.15, 0.2) is 5.60 Å². The molecule has 2 rings (SSSR count). The van der Waals surface area contributed by atoms with E-state index in [0.29, 0.717) is 12.8 Å². The van der Waals surface area contributed by atoms with Crippen LogP contribution in [-0.2, 0) is 5.41 Å². The van der Waals surface area contributed by atoms with Crippen molar-refractivity contribution in [2.75, 3.05) is 0 Å². The number of aryl methyl sites for hydroxylation is 1. The van der Waals surface area contributed by atoms with Crippen molar-refractivity contribution in [3.05, 3.63) is 35.4 Å². The summed E-state index contributed by atoms with van der Waals surface area (Å²) in [6.07, 6.45) is -4.01. The van der Waals surface area contributed by atoms with Gasteiger partial charge in [-0.2, -0.15) is 13.2 Å². The molecule has 1 fully saturated rings. The number of aliphatic hydroxyl groups is 1. The van der Waals surface area contributed by atoms with Crippen LogP contribution >= 0.6 is 0 Å². The Morgan fingerprint density at radius 1 is 1.16 bits per heavy atom. The predicted molar refractivity (Wildman–Crippen MR) is 68.0 cm³/mol. The van der Waals surface area contributed by atoms with Gasteiger partial charge in [0.25, 0.3) is 0 Å². The van der Waals surface area contributed by atoms with Gasteiger partial charge >= 0.3 is 6.18 Å². The molecule has 2 atom stereocenters. The second kappa shape index (κ2) is 4.51. The lowest BCUT2D eigenvalue weighted by atomic mass is 9.75. The van der Waals surface area contributed by atoms with E-state index in [1.54, 1.807) is 0 Å². The molecular weight excluding hydrogens is 253 g/mol. The zero-order chi connectivity index (χ0) is 14.3. The molecule has 0 bridgehead atoms. The zero-order valence-electron chi connectivity index (χ0n) is 11.2. The van der Waals surface area contributed by atoms with Gasteiger partial charge in [-0.15, -0.1) is 0 Å². The summed E-state index contributed by atoms with van der Waals surface area (Å²) < 4.78 is 38.9. The third kappa shape index (κ3) is 2.38. The summed E-state index contributed by atoms with van der Waals surface area (Å²) in [5.41, 5.74) is -1.11. The fourth-order valence-corrected chi connectivity index (χ4v) is 3.08.